The highest BCUT2D eigenvalue weighted by Crippen LogP contribution is 2.18. The van der Waals surface area contributed by atoms with Gasteiger partial charge in [0, 0.05) is 6.42 Å². The van der Waals surface area contributed by atoms with E-state index in [1.165, 1.54) is 11.6 Å². The number of hydrogen-bond donors (Lipinski definition) is 0. The Bertz CT molecular complexity index is 480. The highest BCUT2D eigenvalue weighted by molar-refractivity contribution is 5.29. The molecule has 2 aromatic rings. The molecule has 0 aromatic heterocycles. The number of aryl methyl sites for hydroxylation is 1. The van der Waals surface area contributed by atoms with Gasteiger partial charge in [0.15, 0.2) is 11.6 Å². The van der Waals surface area contributed by atoms with Gasteiger partial charge in [-0.05, 0) is 30.2 Å². The zero-order chi connectivity index (χ0) is 12.1. The van der Waals surface area contributed by atoms with Crippen LogP contribution in [0.25, 0.3) is 0 Å². The van der Waals surface area contributed by atoms with Gasteiger partial charge < -0.3 is 4.74 Å². The predicted molar refractivity (Wildman–Crippen MR) is 66.8 cm³/mol. The minimum Gasteiger partial charge on any atom is -0.490 e. The van der Waals surface area contributed by atoms with Crippen molar-refractivity contribution in [3.63, 3.8) is 0 Å². The van der Waals surface area contributed by atoms with E-state index in [1.54, 1.807) is 12.1 Å². The second kappa shape index (κ2) is 5.48. The first kappa shape index (κ1) is 11.6. The lowest BCUT2D eigenvalue weighted by atomic mass is 10.2. The summed E-state index contributed by atoms with van der Waals surface area (Å²) in [6.45, 7) is 2.41. The minimum atomic E-state index is -0.302. The van der Waals surface area contributed by atoms with Crippen LogP contribution in [0.3, 0.4) is 0 Å². The van der Waals surface area contributed by atoms with Crippen LogP contribution in [0.1, 0.15) is 11.1 Å². The molecule has 17 heavy (non-hydrogen) atoms. The summed E-state index contributed by atoms with van der Waals surface area (Å²) < 4.78 is 18.8. The molecule has 0 amide bonds. The fourth-order valence-corrected chi connectivity index (χ4v) is 1.64. The van der Waals surface area contributed by atoms with Crippen LogP contribution in [0.4, 0.5) is 4.39 Å². The zero-order valence-electron chi connectivity index (χ0n) is 9.82. The first-order chi connectivity index (χ1) is 8.25. The Labute approximate surface area is 101 Å². The molecule has 0 bridgehead atoms. The molecule has 0 aliphatic heterocycles. The Morgan fingerprint density at radius 1 is 1.06 bits per heavy atom. The van der Waals surface area contributed by atoms with Crippen molar-refractivity contribution >= 4 is 0 Å². The summed E-state index contributed by atoms with van der Waals surface area (Å²) in [5.74, 6) is 0.0320. The maximum atomic E-state index is 13.4. The molecule has 0 radical (unpaired) electrons. The average Bonchev–Trinajstić information content (AvgIpc) is 2.35. The molecule has 2 aromatic carbocycles. The van der Waals surface area contributed by atoms with Gasteiger partial charge in [-0.25, -0.2) is 4.39 Å². The highest BCUT2D eigenvalue weighted by Gasteiger charge is 2.03. The summed E-state index contributed by atoms with van der Waals surface area (Å²) in [6, 6.07) is 14.9. The number of ether oxygens (including phenoxy) is 1. The molecule has 0 saturated heterocycles. The molecule has 0 N–H and O–H groups in total. The summed E-state index contributed by atoms with van der Waals surface area (Å²) >= 11 is 0. The summed E-state index contributed by atoms with van der Waals surface area (Å²) in [7, 11) is 0. The molecule has 0 spiro atoms. The van der Waals surface area contributed by atoms with Crippen LogP contribution in [0.15, 0.2) is 48.5 Å². The van der Waals surface area contributed by atoms with Gasteiger partial charge in [0.05, 0.1) is 6.61 Å². The fourth-order valence-electron chi connectivity index (χ4n) is 1.64. The minimum absolute atomic E-state index is 0.302. The van der Waals surface area contributed by atoms with Gasteiger partial charge >= 0.3 is 0 Å². The Balaban J connectivity index is 1.92. The van der Waals surface area contributed by atoms with Gasteiger partial charge in [-0.1, -0.05) is 36.4 Å². The smallest absolute Gasteiger partial charge is 0.165 e. The average molecular weight is 230 g/mol. The Hall–Kier alpha value is -1.83. The molecule has 0 saturated carbocycles. The summed E-state index contributed by atoms with van der Waals surface area (Å²) in [5, 5.41) is 0. The number of rotatable bonds is 4. The van der Waals surface area contributed by atoms with Gasteiger partial charge in [-0.3, -0.25) is 0 Å². The van der Waals surface area contributed by atoms with Gasteiger partial charge in [0.25, 0.3) is 0 Å². The van der Waals surface area contributed by atoms with Crippen LogP contribution < -0.4 is 4.74 Å². The SMILES string of the molecule is Cc1ccc(F)c(OCCc2ccccc2)c1. The van der Waals surface area contributed by atoms with Crippen LogP contribution in [0.2, 0.25) is 0 Å². The van der Waals surface area contributed by atoms with Crippen molar-refractivity contribution in [1.82, 2.24) is 0 Å². The summed E-state index contributed by atoms with van der Waals surface area (Å²) in [4.78, 5) is 0. The lowest BCUT2D eigenvalue weighted by molar-refractivity contribution is 0.305. The standard InChI is InChI=1S/C15H15FO/c1-12-7-8-14(16)15(11-12)17-10-9-13-5-3-2-4-6-13/h2-8,11H,9-10H2,1H3. The summed E-state index contributed by atoms with van der Waals surface area (Å²) in [5.41, 5.74) is 2.20. The topological polar surface area (TPSA) is 9.23 Å². The molecule has 0 heterocycles. The molecule has 0 unspecified atom stereocenters. The molecule has 88 valence electrons. The van der Waals surface area contributed by atoms with Gasteiger partial charge in [-0.2, -0.15) is 0 Å². The van der Waals surface area contributed by atoms with Crippen LogP contribution in [0, 0.1) is 12.7 Å². The molecule has 0 fully saturated rings. The molecule has 0 aliphatic rings. The monoisotopic (exact) mass is 230 g/mol. The number of halogens is 1. The van der Waals surface area contributed by atoms with Crippen LogP contribution >= 0.6 is 0 Å². The van der Waals surface area contributed by atoms with Gasteiger partial charge in [0.2, 0.25) is 0 Å². The maximum absolute atomic E-state index is 13.4. The molecule has 0 aliphatic carbocycles. The van der Waals surface area contributed by atoms with E-state index in [0.29, 0.717) is 12.4 Å². The molecule has 2 heteroatoms. The van der Waals surface area contributed by atoms with E-state index in [9.17, 15) is 4.39 Å². The maximum Gasteiger partial charge on any atom is 0.165 e. The normalized spacial score (nSPS) is 10.2. The van der Waals surface area contributed by atoms with Gasteiger partial charge in [0.1, 0.15) is 0 Å². The van der Waals surface area contributed by atoms with E-state index >= 15 is 0 Å². The van der Waals surface area contributed by atoms with Gasteiger partial charge in [-0.15, -0.1) is 0 Å². The van der Waals surface area contributed by atoms with Crippen molar-refractivity contribution < 1.29 is 9.13 Å². The third-order valence-corrected chi connectivity index (χ3v) is 2.58. The fraction of sp³-hybridized carbons (Fsp3) is 0.200. The molecular formula is C15H15FO. The Kier molecular flexibility index (Phi) is 3.76. The Morgan fingerprint density at radius 3 is 2.59 bits per heavy atom. The largest absolute Gasteiger partial charge is 0.490 e. The zero-order valence-corrected chi connectivity index (χ0v) is 9.82. The van der Waals surface area contributed by atoms with Crippen molar-refractivity contribution in [2.75, 3.05) is 6.61 Å². The second-order valence-corrected chi connectivity index (χ2v) is 4.02. The third-order valence-electron chi connectivity index (χ3n) is 2.58. The van der Waals surface area contributed by atoms with Crippen molar-refractivity contribution in [2.24, 2.45) is 0 Å². The van der Waals surface area contributed by atoms with E-state index in [1.807, 2.05) is 37.3 Å². The lowest BCUT2D eigenvalue weighted by Crippen LogP contribution is -2.02. The van der Waals surface area contributed by atoms with Crippen molar-refractivity contribution in [3.05, 3.63) is 65.5 Å². The quantitative estimate of drug-likeness (QED) is 0.777. The third kappa shape index (κ3) is 3.31. The molecule has 2 rings (SSSR count). The van der Waals surface area contributed by atoms with Crippen LogP contribution in [-0.4, -0.2) is 6.61 Å². The molecular weight excluding hydrogens is 215 g/mol. The van der Waals surface area contributed by atoms with E-state index < -0.39 is 0 Å². The van der Waals surface area contributed by atoms with E-state index in [2.05, 4.69) is 0 Å². The Morgan fingerprint density at radius 2 is 1.82 bits per heavy atom. The second-order valence-electron chi connectivity index (χ2n) is 4.02. The van der Waals surface area contributed by atoms with Crippen molar-refractivity contribution in [2.45, 2.75) is 13.3 Å². The molecule has 0 atom stereocenters. The number of hydrogen-bond acceptors (Lipinski definition) is 1. The van der Waals surface area contributed by atoms with Crippen molar-refractivity contribution in [1.29, 1.82) is 0 Å². The number of benzene rings is 2. The highest BCUT2D eigenvalue weighted by atomic mass is 19.1. The van der Waals surface area contributed by atoms with Crippen LogP contribution in [0.5, 0.6) is 5.75 Å². The van der Waals surface area contributed by atoms with E-state index in [4.69, 9.17) is 4.74 Å². The summed E-state index contributed by atoms with van der Waals surface area (Å²) in [6.07, 6.45) is 0.786. The predicted octanol–water partition coefficient (Wildman–Crippen LogP) is 3.76. The van der Waals surface area contributed by atoms with Crippen LogP contribution in [-0.2, 0) is 6.42 Å². The first-order valence-electron chi connectivity index (χ1n) is 5.68. The first-order valence-corrected chi connectivity index (χ1v) is 5.68. The van der Waals surface area contributed by atoms with Crippen molar-refractivity contribution in [3.8, 4) is 5.75 Å². The molecule has 1 nitrogen and oxygen atoms in total. The van der Waals surface area contributed by atoms with E-state index in [-0.39, 0.29) is 5.82 Å². The van der Waals surface area contributed by atoms with E-state index in [0.717, 1.165) is 12.0 Å². The lowest BCUT2D eigenvalue weighted by Gasteiger charge is -2.08.